The fourth-order valence-corrected chi connectivity index (χ4v) is 1.34. The SMILES string of the molecule is CN(C)S(=O)(=O)NCCCBr. The average Bonchev–Trinajstić information content (AvgIpc) is 1.88. The van der Waals surface area contributed by atoms with Crippen LogP contribution in [0.3, 0.4) is 0 Å². The lowest BCUT2D eigenvalue weighted by atomic mass is 10.5. The van der Waals surface area contributed by atoms with Crippen molar-refractivity contribution in [1.82, 2.24) is 9.03 Å². The Labute approximate surface area is 76.3 Å². The molecule has 0 radical (unpaired) electrons. The second-order valence-corrected chi connectivity index (χ2v) is 4.99. The molecule has 68 valence electrons. The molecule has 0 spiro atoms. The first-order valence-electron chi connectivity index (χ1n) is 3.24. The van der Waals surface area contributed by atoms with Gasteiger partial charge in [-0.25, -0.2) is 4.72 Å². The molecule has 1 N–H and O–H groups in total. The highest BCUT2D eigenvalue weighted by Gasteiger charge is 2.10. The Bertz CT molecular complexity index is 191. The molecule has 0 aliphatic rings. The van der Waals surface area contributed by atoms with Crippen molar-refractivity contribution < 1.29 is 8.42 Å². The summed E-state index contributed by atoms with van der Waals surface area (Å²) in [5, 5.41) is 0.808. The molecule has 0 amide bonds. The molecule has 0 saturated heterocycles. The van der Waals surface area contributed by atoms with Crippen LogP contribution < -0.4 is 4.72 Å². The Balaban J connectivity index is 3.75. The first kappa shape index (κ1) is 11.4. The zero-order valence-electron chi connectivity index (χ0n) is 6.67. The van der Waals surface area contributed by atoms with E-state index in [4.69, 9.17) is 0 Å². The van der Waals surface area contributed by atoms with Gasteiger partial charge in [-0.15, -0.1) is 0 Å². The largest absolute Gasteiger partial charge is 0.278 e. The van der Waals surface area contributed by atoms with Gasteiger partial charge in [0.05, 0.1) is 0 Å². The van der Waals surface area contributed by atoms with Crippen LogP contribution in [0.5, 0.6) is 0 Å². The standard InChI is InChI=1S/C5H13BrN2O2S/c1-8(2)11(9,10)7-5-3-4-6/h7H,3-5H2,1-2H3. The van der Waals surface area contributed by atoms with Gasteiger partial charge in [0.2, 0.25) is 0 Å². The Morgan fingerprint density at radius 2 is 2.00 bits per heavy atom. The van der Waals surface area contributed by atoms with Crippen molar-refractivity contribution in [2.24, 2.45) is 0 Å². The molecule has 0 atom stereocenters. The summed E-state index contributed by atoms with van der Waals surface area (Å²) < 4.78 is 25.6. The predicted molar refractivity (Wildman–Crippen MR) is 49.0 cm³/mol. The van der Waals surface area contributed by atoms with Crippen molar-refractivity contribution in [2.45, 2.75) is 6.42 Å². The van der Waals surface area contributed by atoms with E-state index >= 15 is 0 Å². The third-order valence-corrected chi connectivity index (χ3v) is 3.17. The molecule has 0 unspecified atom stereocenters. The van der Waals surface area contributed by atoms with Crippen molar-refractivity contribution in [2.75, 3.05) is 26.0 Å². The highest BCUT2D eigenvalue weighted by Crippen LogP contribution is 1.90. The fraction of sp³-hybridized carbons (Fsp3) is 1.00. The molecule has 4 nitrogen and oxygen atoms in total. The number of hydrogen-bond donors (Lipinski definition) is 1. The zero-order valence-corrected chi connectivity index (χ0v) is 9.07. The Morgan fingerprint density at radius 1 is 1.45 bits per heavy atom. The Kier molecular flexibility index (Phi) is 5.24. The molecule has 0 fully saturated rings. The van der Waals surface area contributed by atoms with Gasteiger partial charge in [-0.3, -0.25) is 0 Å². The molecule has 6 heteroatoms. The second-order valence-electron chi connectivity index (χ2n) is 2.22. The lowest BCUT2D eigenvalue weighted by molar-refractivity contribution is 0.505. The van der Waals surface area contributed by atoms with Crippen LogP contribution in [0.15, 0.2) is 0 Å². The van der Waals surface area contributed by atoms with E-state index in [1.54, 1.807) is 0 Å². The monoisotopic (exact) mass is 244 g/mol. The minimum Gasteiger partial charge on any atom is -0.202 e. The molecular formula is C5H13BrN2O2S. The van der Waals surface area contributed by atoms with E-state index in [1.165, 1.54) is 14.1 Å². The summed E-state index contributed by atoms with van der Waals surface area (Å²) in [7, 11) is -0.215. The van der Waals surface area contributed by atoms with Gasteiger partial charge in [0, 0.05) is 26.0 Å². The number of alkyl halides is 1. The molecule has 0 aromatic rings. The van der Waals surface area contributed by atoms with E-state index in [-0.39, 0.29) is 0 Å². The van der Waals surface area contributed by atoms with Crippen molar-refractivity contribution in [3.8, 4) is 0 Å². The first-order valence-corrected chi connectivity index (χ1v) is 5.80. The topological polar surface area (TPSA) is 49.4 Å². The number of halogens is 1. The summed E-state index contributed by atoms with van der Waals surface area (Å²) in [6.07, 6.45) is 0.799. The third kappa shape index (κ3) is 4.73. The van der Waals surface area contributed by atoms with Crippen LogP contribution in [0.1, 0.15) is 6.42 Å². The molecule has 0 heterocycles. The van der Waals surface area contributed by atoms with E-state index in [2.05, 4.69) is 20.7 Å². The lowest BCUT2D eigenvalue weighted by Gasteiger charge is -2.11. The summed E-state index contributed by atoms with van der Waals surface area (Å²) in [4.78, 5) is 0. The molecule has 0 aromatic carbocycles. The second kappa shape index (κ2) is 5.08. The smallest absolute Gasteiger partial charge is 0.202 e. The van der Waals surface area contributed by atoms with Crippen LogP contribution >= 0.6 is 15.9 Å². The van der Waals surface area contributed by atoms with E-state index < -0.39 is 10.2 Å². The van der Waals surface area contributed by atoms with E-state index in [1.807, 2.05) is 0 Å². The maximum absolute atomic E-state index is 11.0. The van der Waals surface area contributed by atoms with E-state index in [0.717, 1.165) is 16.1 Å². The first-order chi connectivity index (χ1) is 5.00. The average molecular weight is 245 g/mol. The van der Waals surface area contributed by atoms with Crippen LogP contribution in [0.2, 0.25) is 0 Å². The van der Waals surface area contributed by atoms with Crippen LogP contribution in [0, 0.1) is 0 Å². The van der Waals surface area contributed by atoms with Gasteiger partial charge in [-0.2, -0.15) is 12.7 Å². The van der Waals surface area contributed by atoms with Gasteiger partial charge in [-0.05, 0) is 6.42 Å². The van der Waals surface area contributed by atoms with Crippen molar-refractivity contribution in [1.29, 1.82) is 0 Å². The minimum absolute atomic E-state index is 0.478. The van der Waals surface area contributed by atoms with Gasteiger partial charge in [0.1, 0.15) is 0 Å². The molecular weight excluding hydrogens is 232 g/mol. The van der Waals surface area contributed by atoms with Gasteiger partial charge in [0.25, 0.3) is 10.2 Å². The number of nitrogens with zero attached hydrogens (tertiary/aromatic N) is 1. The van der Waals surface area contributed by atoms with Crippen molar-refractivity contribution in [3.05, 3.63) is 0 Å². The van der Waals surface area contributed by atoms with Crippen molar-refractivity contribution in [3.63, 3.8) is 0 Å². The number of hydrogen-bond acceptors (Lipinski definition) is 2. The zero-order chi connectivity index (χ0) is 8.91. The maximum atomic E-state index is 11.0. The van der Waals surface area contributed by atoms with Gasteiger partial charge >= 0.3 is 0 Å². The maximum Gasteiger partial charge on any atom is 0.278 e. The minimum atomic E-state index is -3.21. The molecule has 0 aromatic heterocycles. The van der Waals surface area contributed by atoms with Crippen LogP contribution in [0.4, 0.5) is 0 Å². The van der Waals surface area contributed by atoms with Gasteiger partial charge < -0.3 is 0 Å². The third-order valence-electron chi connectivity index (χ3n) is 1.08. The summed E-state index contributed by atoms with van der Waals surface area (Å²) in [6, 6.07) is 0. The lowest BCUT2D eigenvalue weighted by Crippen LogP contribution is -2.36. The molecule has 0 aliphatic carbocycles. The number of rotatable bonds is 5. The highest BCUT2D eigenvalue weighted by atomic mass is 79.9. The highest BCUT2D eigenvalue weighted by molar-refractivity contribution is 9.09. The fourth-order valence-electron chi connectivity index (χ4n) is 0.397. The van der Waals surface area contributed by atoms with Gasteiger partial charge in [-0.1, -0.05) is 15.9 Å². The van der Waals surface area contributed by atoms with Crippen molar-refractivity contribution >= 4 is 26.1 Å². The molecule has 0 aliphatic heterocycles. The molecule has 0 saturated carbocycles. The van der Waals surface area contributed by atoms with E-state index in [9.17, 15) is 8.42 Å². The van der Waals surface area contributed by atoms with Crippen LogP contribution in [0.25, 0.3) is 0 Å². The summed E-state index contributed by atoms with van der Waals surface area (Å²) in [6.45, 7) is 0.478. The van der Waals surface area contributed by atoms with Crippen LogP contribution in [-0.2, 0) is 10.2 Å². The molecule has 11 heavy (non-hydrogen) atoms. The van der Waals surface area contributed by atoms with E-state index in [0.29, 0.717) is 6.54 Å². The Hall–Kier alpha value is 0.350. The molecule has 0 bridgehead atoms. The van der Waals surface area contributed by atoms with Gasteiger partial charge in [0.15, 0.2) is 0 Å². The van der Waals surface area contributed by atoms with Crippen LogP contribution in [-0.4, -0.2) is 38.7 Å². The normalized spacial score (nSPS) is 12.4. The summed E-state index contributed by atoms with van der Waals surface area (Å²) in [5.74, 6) is 0. The predicted octanol–water partition coefficient (Wildman–Crippen LogP) is 0.167. The Morgan fingerprint density at radius 3 is 2.36 bits per heavy atom. The number of nitrogens with one attached hydrogen (secondary N) is 1. The molecule has 0 rings (SSSR count). The quantitative estimate of drug-likeness (QED) is 0.554. The summed E-state index contributed by atoms with van der Waals surface area (Å²) in [5.41, 5.74) is 0. The summed E-state index contributed by atoms with van der Waals surface area (Å²) >= 11 is 3.21.